The van der Waals surface area contributed by atoms with Gasteiger partial charge in [0.1, 0.15) is 0 Å². The lowest BCUT2D eigenvalue weighted by Crippen LogP contribution is -1.93. The molecule has 1 rings (SSSR count). The zero-order chi connectivity index (χ0) is 9.68. The van der Waals surface area contributed by atoms with Crippen LogP contribution in [0.25, 0.3) is 0 Å². The predicted molar refractivity (Wildman–Crippen MR) is 53.0 cm³/mol. The van der Waals surface area contributed by atoms with Gasteiger partial charge in [0, 0.05) is 5.02 Å². The van der Waals surface area contributed by atoms with Gasteiger partial charge in [0.2, 0.25) is 6.08 Å². The number of isocyanates is 1. The minimum atomic E-state index is -0.293. The van der Waals surface area contributed by atoms with Crippen LogP contribution < -0.4 is 0 Å². The van der Waals surface area contributed by atoms with Crippen molar-refractivity contribution in [2.24, 2.45) is 4.99 Å². The Labute approximate surface area is 86.2 Å². The number of nitrogens with zero attached hydrogens (tertiary/aromatic N) is 1. The van der Waals surface area contributed by atoms with Gasteiger partial charge in [0.05, 0.1) is 11.9 Å². The Hall–Kier alpha value is -0.820. The Morgan fingerprint density at radius 1 is 1.38 bits per heavy atom. The molecule has 13 heavy (non-hydrogen) atoms. The normalized spacial score (nSPS) is 11.8. The number of hydrogen-bond donors (Lipinski definition) is 0. The molecule has 0 bridgehead atoms. The zero-order valence-electron chi connectivity index (χ0n) is 6.71. The topological polar surface area (TPSA) is 29.4 Å². The lowest BCUT2D eigenvalue weighted by Gasteiger charge is -2.04. The monoisotopic (exact) mass is 215 g/mol. The summed E-state index contributed by atoms with van der Waals surface area (Å²) in [5.74, 6) is 0. The molecule has 0 spiro atoms. The summed E-state index contributed by atoms with van der Waals surface area (Å²) in [6, 6.07) is 7.11. The molecule has 0 N–H and O–H groups in total. The maximum atomic E-state index is 9.82. The molecule has 0 aliphatic heterocycles. The Morgan fingerprint density at radius 3 is 2.54 bits per heavy atom. The van der Waals surface area contributed by atoms with E-state index in [1.54, 1.807) is 24.3 Å². The molecule has 0 amide bonds. The van der Waals surface area contributed by atoms with Crippen LogP contribution in [-0.2, 0) is 4.79 Å². The SMILES string of the molecule is O=C=NCC(Cl)c1ccc(Cl)cc1. The second-order valence-corrected chi connectivity index (χ2v) is 3.41. The van der Waals surface area contributed by atoms with Crippen LogP contribution in [0.1, 0.15) is 10.9 Å². The molecule has 0 aromatic heterocycles. The minimum Gasteiger partial charge on any atom is -0.211 e. The van der Waals surface area contributed by atoms with E-state index in [2.05, 4.69) is 4.99 Å². The van der Waals surface area contributed by atoms with Gasteiger partial charge in [-0.15, -0.1) is 11.6 Å². The van der Waals surface area contributed by atoms with Crippen molar-refractivity contribution in [2.75, 3.05) is 6.54 Å². The molecule has 0 saturated carbocycles. The Kier molecular flexibility index (Phi) is 3.97. The predicted octanol–water partition coefficient (Wildman–Crippen LogP) is 2.96. The van der Waals surface area contributed by atoms with Crippen molar-refractivity contribution in [2.45, 2.75) is 5.38 Å². The van der Waals surface area contributed by atoms with E-state index in [9.17, 15) is 4.79 Å². The van der Waals surface area contributed by atoms with Crippen LogP contribution in [0.5, 0.6) is 0 Å². The van der Waals surface area contributed by atoms with Gasteiger partial charge >= 0.3 is 0 Å². The van der Waals surface area contributed by atoms with Crippen molar-refractivity contribution in [3.8, 4) is 0 Å². The average molecular weight is 216 g/mol. The number of rotatable bonds is 3. The summed E-state index contributed by atoms with van der Waals surface area (Å²) in [7, 11) is 0. The second-order valence-electron chi connectivity index (χ2n) is 2.45. The first-order valence-corrected chi connectivity index (χ1v) is 4.48. The molecule has 1 unspecified atom stereocenters. The second kappa shape index (κ2) is 5.03. The molecule has 0 heterocycles. The fourth-order valence-electron chi connectivity index (χ4n) is 0.894. The molecular weight excluding hydrogens is 209 g/mol. The number of aliphatic imine (C=N–C) groups is 1. The van der Waals surface area contributed by atoms with Crippen LogP contribution in [0, 0.1) is 0 Å². The molecule has 0 radical (unpaired) electrons. The standard InChI is InChI=1S/C9H7Cl2NO/c10-8-3-1-7(2-4-8)9(11)5-12-6-13/h1-4,9H,5H2. The molecule has 1 aromatic carbocycles. The van der Waals surface area contributed by atoms with E-state index in [4.69, 9.17) is 23.2 Å². The number of hydrogen-bond acceptors (Lipinski definition) is 2. The van der Waals surface area contributed by atoms with Crippen molar-refractivity contribution < 1.29 is 4.79 Å². The number of halogens is 2. The molecule has 0 aliphatic rings. The van der Waals surface area contributed by atoms with E-state index in [1.165, 1.54) is 6.08 Å². The number of alkyl halides is 1. The average Bonchev–Trinajstić information content (AvgIpc) is 2.15. The summed E-state index contributed by atoms with van der Waals surface area (Å²) < 4.78 is 0. The Morgan fingerprint density at radius 2 is 2.00 bits per heavy atom. The van der Waals surface area contributed by atoms with Crippen LogP contribution in [0.4, 0.5) is 0 Å². The highest BCUT2D eigenvalue weighted by molar-refractivity contribution is 6.30. The summed E-state index contributed by atoms with van der Waals surface area (Å²) in [4.78, 5) is 13.2. The molecule has 1 atom stereocenters. The smallest absolute Gasteiger partial charge is 0.211 e. The zero-order valence-corrected chi connectivity index (χ0v) is 8.22. The highest BCUT2D eigenvalue weighted by Crippen LogP contribution is 2.22. The first-order chi connectivity index (χ1) is 6.24. The quantitative estimate of drug-likeness (QED) is 0.433. The number of carbonyl (C=O) groups excluding carboxylic acids is 1. The maximum Gasteiger partial charge on any atom is 0.235 e. The van der Waals surface area contributed by atoms with E-state index in [0.29, 0.717) is 5.02 Å². The van der Waals surface area contributed by atoms with Gasteiger partial charge in [-0.05, 0) is 17.7 Å². The van der Waals surface area contributed by atoms with Crippen molar-refractivity contribution in [1.29, 1.82) is 0 Å². The molecule has 1 aromatic rings. The summed E-state index contributed by atoms with van der Waals surface area (Å²) >= 11 is 11.6. The molecular formula is C9H7Cl2NO. The Balaban J connectivity index is 2.71. The first kappa shape index (κ1) is 10.3. The van der Waals surface area contributed by atoms with Gasteiger partial charge in [-0.1, -0.05) is 23.7 Å². The molecule has 2 nitrogen and oxygen atoms in total. The van der Waals surface area contributed by atoms with Crippen LogP contribution in [0.2, 0.25) is 5.02 Å². The highest BCUT2D eigenvalue weighted by Gasteiger charge is 2.05. The van der Waals surface area contributed by atoms with Crippen molar-refractivity contribution in [3.63, 3.8) is 0 Å². The maximum absolute atomic E-state index is 9.82. The van der Waals surface area contributed by atoms with Gasteiger partial charge in [-0.3, -0.25) is 0 Å². The largest absolute Gasteiger partial charge is 0.235 e. The number of benzene rings is 1. The molecule has 0 aliphatic carbocycles. The third-order valence-corrected chi connectivity index (χ3v) is 2.19. The highest BCUT2D eigenvalue weighted by atomic mass is 35.5. The van der Waals surface area contributed by atoms with Crippen molar-refractivity contribution in [1.82, 2.24) is 0 Å². The minimum absolute atomic E-state index is 0.243. The van der Waals surface area contributed by atoms with Crippen LogP contribution in [0.15, 0.2) is 29.3 Å². The Bertz CT molecular complexity index is 317. The van der Waals surface area contributed by atoms with E-state index in [0.717, 1.165) is 5.56 Å². The van der Waals surface area contributed by atoms with E-state index in [-0.39, 0.29) is 11.9 Å². The lowest BCUT2D eigenvalue weighted by molar-refractivity contribution is 0.562. The van der Waals surface area contributed by atoms with Crippen molar-refractivity contribution in [3.05, 3.63) is 34.9 Å². The van der Waals surface area contributed by atoms with Gasteiger partial charge in [-0.25, -0.2) is 9.79 Å². The fraction of sp³-hybridized carbons (Fsp3) is 0.222. The van der Waals surface area contributed by atoms with E-state index < -0.39 is 0 Å². The van der Waals surface area contributed by atoms with Crippen molar-refractivity contribution >= 4 is 29.3 Å². The molecule has 68 valence electrons. The van der Waals surface area contributed by atoms with Crippen LogP contribution in [0.3, 0.4) is 0 Å². The van der Waals surface area contributed by atoms with Gasteiger partial charge < -0.3 is 0 Å². The summed E-state index contributed by atoms with van der Waals surface area (Å²) in [5.41, 5.74) is 0.894. The van der Waals surface area contributed by atoms with Gasteiger partial charge in [-0.2, -0.15) is 0 Å². The first-order valence-electron chi connectivity index (χ1n) is 3.67. The molecule has 0 saturated heterocycles. The lowest BCUT2D eigenvalue weighted by atomic mass is 10.1. The summed E-state index contributed by atoms with van der Waals surface area (Å²) in [6.45, 7) is 0.243. The molecule has 4 heteroatoms. The summed E-state index contributed by atoms with van der Waals surface area (Å²) in [6.07, 6.45) is 1.44. The third kappa shape index (κ3) is 3.19. The fourth-order valence-corrected chi connectivity index (χ4v) is 1.23. The van der Waals surface area contributed by atoms with Gasteiger partial charge in [0.25, 0.3) is 0 Å². The van der Waals surface area contributed by atoms with Crippen LogP contribution in [-0.4, -0.2) is 12.6 Å². The molecule has 0 fully saturated rings. The third-order valence-electron chi connectivity index (χ3n) is 1.55. The summed E-state index contributed by atoms with van der Waals surface area (Å²) in [5, 5.41) is 0.366. The van der Waals surface area contributed by atoms with E-state index >= 15 is 0 Å². The van der Waals surface area contributed by atoms with E-state index in [1.807, 2.05) is 0 Å². The van der Waals surface area contributed by atoms with Gasteiger partial charge in [0.15, 0.2) is 0 Å². The van der Waals surface area contributed by atoms with Crippen LogP contribution >= 0.6 is 23.2 Å².